The molecule has 0 bridgehead atoms. The normalized spacial score (nSPS) is 22.1. The molecular formula is C19H25ClN2O2. The topological polar surface area (TPSA) is 40.6 Å². The molecule has 0 radical (unpaired) electrons. The highest BCUT2D eigenvalue weighted by molar-refractivity contribution is 6.33. The minimum Gasteiger partial charge on any atom is -0.342 e. The van der Waals surface area contributed by atoms with E-state index in [1.54, 1.807) is 17.0 Å². The summed E-state index contributed by atoms with van der Waals surface area (Å²) < 4.78 is 0. The van der Waals surface area contributed by atoms with Crippen LogP contribution in [0.3, 0.4) is 0 Å². The highest BCUT2D eigenvalue weighted by Crippen LogP contribution is 2.24. The zero-order chi connectivity index (χ0) is 16.9. The van der Waals surface area contributed by atoms with Crippen LogP contribution in [0.15, 0.2) is 24.3 Å². The van der Waals surface area contributed by atoms with Crippen LogP contribution in [0.25, 0.3) is 0 Å². The van der Waals surface area contributed by atoms with Gasteiger partial charge in [-0.3, -0.25) is 9.59 Å². The number of halogens is 1. The molecule has 0 unspecified atom stereocenters. The molecule has 1 aromatic rings. The molecule has 2 aliphatic heterocycles. The molecule has 2 aliphatic rings. The minimum atomic E-state index is -0.0664. The molecule has 0 aromatic heterocycles. The van der Waals surface area contributed by atoms with Crippen LogP contribution in [0.2, 0.25) is 5.02 Å². The first-order chi connectivity index (χ1) is 11.7. The Balaban J connectivity index is 1.66. The summed E-state index contributed by atoms with van der Waals surface area (Å²) in [7, 11) is 0. The van der Waals surface area contributed by atoms with Crippen LogP contribution in [-0.2, 0) is 4.79 Å². The van der Waals surface area contributed by atoms with E-state index in [4.69, 9.17) is 11.6 Å². The number of hydrogen-bond acceptors (Lipinski definition) is 2. The SMILES string of the molecule is O=C(c1ccccc1Cl)N1CCC[C@@H](C(=O)N2CCCCCC2)C1. The van der Waals surface area contributed by atoms with Crippen LogP contribution in [0, 0.1) is 5.92 Å². The first-order valence-electron chi connectivity index (χ1n) is 8.99. The fraction of sp³-hybridized carbons (Fsp3) is 0.579. The van der Waals surface area contributed by atoms with E-state index in [0.29, 0.717) is 23.7 Å². The van der Waals surface area contributed by atoms with Crippen LogP contribution in [0.5, 0.6) is 0 Å². The predicted molar refractivity (Wildman–Crippen MR) is 95.1 cm³/mol. The molecule has 1 atom stereocenters. The summed E-state index contributed by atoms with van der Waals surface area (Å²) in [4.78, 5) is 29.4. The number of carbonyl (C=O) groups is 2. The van der Waals surface area contributed by atoms with Crippen LogP contribution >= 0.6 is 11.6 Å². The van der Waals surface area contributed by atoms with Gasteiger partial charge in [-0.05, 0) is 37.8 Å². The Morgan fingerprint density at radius 1 is 0.917 bits per heavy atom. The summed E-state index contributed by atoms with van der Waals surface area (Å²) in [5, 5.41) is 0.475. The van der Waals surface area contributed by atoms with Crippen molar-refractivity contribution in [2.75, 3.05) is 26.2 Å². The Hall–Kier alpha value is -1.55. The van der Waals surface area contributed by atoms with Gasteiger partial charge in [0.2, 0.25) is 5.91 Å². The third kappa shape index (κ3) is 3.92. The molecule has 1 aromatic carbocycles. The first kappa shape index (κ1) is 17.3. The summed E-state index contributed by atoms with van der Waals surface area (Å²) in [5.41, 5.74) is 0.530. The largest absolute Gasteiger partial charge is 0.342 e. The van der Waals surface area contributed by atoms with Crippen LogP contribution in [0.1, 0.15) is 48.9 Å². The van der Waals surface area contributed by atoms with E-state index in [9.17, 15) is 9.59 Å². The van der Waals surface area contributed by atoms with E-state index in [1.165, 1.54) is 12.8 Å². The fourth-order valence-electron chi connectivity index (χ4n) is 3.72. The average Bonchev–Trinajstić information content (AvgIpc) is 2.90. The molecule has 0 spiro atoms. The molecule has 0 N–H and O–H groups in total. The zero-order valence-corrected chi connectivity index (χ0v) is 14.8. The van der Waals surface area contributed by atoms with Crippen LogP contribution < -0.4 is 0 Å². The predicted octanol–water partition coefficient (Wildman–Crippen LogP) is 3.59. The summed E-state index contributed by atoms with van der Waals surface area (Å²) >= 11 is 6.15. The Morgan fingerprint density at radius 3 is 2.29 bits per heavy atom. The number of carbonyl (C=O) groups excluding carboxylic acids is 2. The third-order valence-electron chi connectivity index (χ3n) is 5.08. The molecule has 130 valence electrons. The zero-order valence-electron chi connectivity index (χ0n) is 14.0. The monoisotopic (exact) mass is 348 g/mol. The van der Waals surface area contributed by atoms with Crippen molar-refractivity contribution in [3.63, 3.8) is 0 Å². The lowest BCUT2D eigenvalue weighted by molar-refractivity contribution is -0.136. The van der Waals surface area contributed by atoms with Gasteiger partial charge >= 0.3 is 0 Å². The summed E-state index contributed by atoms with van der Waals surface area (Å²) in [6, 6.07) is 7.13. The average molecular weight is 349 g/mol. The summed E-state index contributed by atoms with van der Waals surface area (Å²) in [5.74, 6) is 0.103. The van der Waals surface area contributed by atoms with E-state index in [-0.39, 0.29) is 17.7 Å². The third-order valence-corrected chi connectivity index (χ3v) is 5.41. The summed E-state index contributed by atoms with van der Waals surface area (Å²) in [6.45, 7) is 2.95. The van der Waals surface area contributed by atoms with Gasteiger partial charge in [0.05, 0.1) is 16.5 Å². The van der Waals surface area contributed by atoms with Crippen molar-refractivity contribution >= 4 is 23.4 Å². The molecule has 0 saturated carbocycles. The maximum absolute atomic E-state index is 12.8. The lowest BCUT2D eigenvalue weighted by Crippen LogP contribution is -2.47. The van der Waals surface area contributed by atoms with Crippen molar-refractivity contribution in [1.29, 1.82) is 0 Å². The van der Waals surface area contributed by atoms with Gasteiger partial charge < -0.3 is 9.80 Å². The van der Waals surface area contributed by atoms with Gasteiger partial charge in [0, 0.05) is 26.2 Å². The minimum absolute atomic E-state index is 0.0611. The number of rotatable bonds is 2. The number of likely N-dealkylation sites (tertiary alicyclic amines) is 2. The summed E-state index contributed by atoms with van der Waals surface area (Å²) in [6.07, 6.45) is 6.38. The molecule has 5 heteroatoms. The number of piperidine rings is 1. The molecule has 2 amide bonds. The number of hydrogen-bond donors (Lipinski definition) is 0. The van der Waals surface area contributed by atoms with Gasteiger partial charge in [0.1, 0.15) is 0 Å². The quantitative estimate of drug-likeness (QED) is 0.819. The second-order valence-corrected chi connectivity index (χ2v) is 7.22. The van der Waals surface area contributed by atoms with Crippen molar-refractivity contribution in [2.45, 2.75) is 38.5 Å². The molecule has 0 aliphatic carbocycles. The standard InChI is InChI=1S/C19H25ClN2O2/c20-17-10-4-3-9-16(17)19(24)22-13-7-8-15(14-22)18(23)21-11-5-1-2-6-12-21/h3-4,9-10,15H,1-2,5-8,11-14H2/t15-/m1/s1. The van der Waals surface area contributed by atoms with Gasteiger partial charge in [0.25, 0.3) is 5.91 Å². The Kier molecular flexibility index (Phi) is 5.77. The number of benzene rings is 1. The molecule has 2 heterocycles. The lowest BCUT2D eigenvalue weighted by Gasteiger charge is -2.35. The van der Waals surface area contributed by atoms with Crippen LogP contribution in [0.4, 0.5) is 0 Å². The van der Waals surface area contributed by atoms with Gasteiger partial charge in [-0.1, -0.05) is 36.6 Å². The molecule has 2 fully saturated rings. The van der Waals surface area contributed by atoms with Crippen molar-refractivity contribution < 1.29 is 9.59 Å². The van der Waals surface area contributed by atoms with E-state index in [2.05, 4.69) is 0 Å². The maximum Gasteiger partial charge on any atom is 0.255 e. The van der Waals surface area contributed by atoms with Crippen molar-refractivity contribution in [1.82, 2.24) is 9.80 Å². The van der Waals surface area contributed by atoms with E-state index in [1.807, 2.05) is 17.0 Å². The van der Waals surface area contributed by atoms with Crippen molar-refractivity contribution in [3.05, 3.63) is 34.9 Å². The van der Waals surface area contributed by atoms with Gasteiger partial charge in [0.15, 0.2) is 0 Å². The second kappa shape index (κ2) is 8.02. The van der Waals surface area contributed by atoms with E-state index in [0.717, 1.165) is 38.8 Å². The number of nitrogens with zero attached hydrogens (tertiary/aromatic N) is 2. The molecule has 2 saturated heterocycles. The first-order valence-corrected chi connectivity index (χ1v) is 9.37. The van der Waals surface area contributed by atoms with Gasteiger partial charge in [-0.15, -0.1) is 0 Å². The molecule has 24 heavy (non-hydrogen) atoms. The Labute approximate surface area is 148 Å². The smallest absolute Gasteiger partial charge is 0.255 e. The van der Waals surface area contributed by atoms with Crippen molar-refractivity contribution in [2.24, 2.45) is 5.92 Å². The lowest BCUT2D eigenvalue weighted by atomic mass is 9.95. The van der Waals surface area contributed by atoms with E-state index < -0.39 is 0 Å². The highest BCUT2D eigenvalue weighted by atomic mass is 35.5. The van der Waals surface area contributed by atoms with Gasteiger partial charge in [-0.25, -0.2) is 0 Å². The second-order valence-electron chi connectivity index (χ2n) is 6.81. The number of amides is 2. The Morgan fingerprint density at radius 2 is 1.58 bits per heavy atom. The maximum atomic E-state index is 12.8. The molecule has 3 rings (SSSR count). The molecular weight excluding hydrogens is 324 g/mol. The van der Waals surface area contributed by atoms with Crippen molar-refractivity contribution in [3.8, 4) is 0 Å². The highest BCUT2D eigenvalue weighted by Gasteiger charge is 2.32. The van der Waals surface area contributed by atoms with Crippen LogP contribution in [-0.4, -0.2) is 47.8 Å². The van der Waals surface area contributed by atoms with E-state index >= 15 is 0 Å². The molecule has 4 nitrogen and oxygen atoms in total. The Bertz CT molecular complexity index is 597. The fourth-order valence-corrected chi connectivity index (χ4v) is 3.93. The van der Waals surface area contributed by atoms with Gasteiger partial charge in [-0.2, -0.15) is 0 Å².